The predicted octanol–water partition coefficient (Wildman–Crippen LogP) is 3.74. The second kappa shape index (κ2) is 9.07. The van der Waals surface area contributed by atoms with Crippen LogP contribution in [0.15, 0.2) is 42.6 Å². The number of carbonyl (C=O) groups excluding carboxylic acids is 2. The van der Waals surface area contributed by atoms with Crippen molar-refractivity contribution in [3.63, 3.8) is 0 Å². The Morgan fingerprint density at radius 1 is 1.03 bits per heavy atom. The Labute approximate surface area is 172 Å². The monoisotopic (exact) mass is 394 g/mol. The van der Waals surface area contributed by atoms with Crippen LogP contribution in [0.25, 0.3) is 0 Å². The molecule has 1 aromatic carbocycles. The van der Waals surface area contributed by atoms with Crippen molar-refractivity contribution in [1.82, 2.24) is 10.3 Å². The molecule has 3 rings (SSSR count). The van der Waals surface area contributed by atoms with Crippen LogP contribution in [0.4, 0.5) is 11.5 Å². The molecule has 1 saturated heterocycles. The van der Waals surface area contributed by atoms with E-state index in [1.165, 1.54) is 18.4 Å². The highest BCUT2D eigenvalue weighted by molar-refractivity contribution is 5.95. The third-order valence-electron chi connectivity index (χ3n) is 5.11. The van der Waals surface area contributed by atoms with Crippen LogP contribution >= 0.6 is 0 Å². The fourth-order valence-corrected chi connectivity index (χ4v) is 3.33. The molecule has 1 aliphatic heterocycles. The van der Waals surface area contributed by atoms with E-state index in [2.05, 4.69) is 41.3 Å². The Morgan fingerprint density at radius 2 is 1.72 bits per heavy atom. The van der Waals surface area contributed by atoms with Gasteiger partial charge in [0.2, 0.25) is 5.91 Å². The van der Waals surface area contributed by atoms with Crippen LogP contribution in [-0.2, 0) is 10.2 Å². The molecule has 0 saturated carbocycles. The molecule has 2 heterocycles. The number of amides is 2. The average molecular weight is 395 g/mol. The van der Waals surface area contributed by atoms with Crippen LogP contribution in [0.5, 0.6) is 0 Å². The number of aromatic nitrogens is 1. The maximum absolute atomic E-state index is 12.3. The number of nitrogens with zero attached hydrogens (tertiary/aromatic N) is 2. The summed E-state index contributed by atoms with van der Waals surface area (Å²) in [5, 5.41) is 5.62. The van der Waals surface area contributed by atoms with Crippen LogP contribution in [-0.4, -0.2) is 36.4 Å². The first kappa shape index (κ1) is 20.8. The first-order valence-corrected chi connectivity index (χ1v) is 10.2. The molecule has 2 aromatic rings. The zero-order valence-electron chi connectivity index (χ0n) is 17.5. The minimum atomic E-state index is -0.171. The summed E-state index contributed by atoms with van der Waals surface area (Å²) in [5.74, 6) is 0.629. The zero-order valence-corrected chi connectivity index (χ0v) is 17.5. The highest BCUT2D eigenvalue weighted by atomic mass is 16.2. The Morgan fingerprint density at radius 3 is 2.31 bits per heavy atom. The van der Waals surface area contributed by atoms with Gasteiger partial charge in [-0.2, -0.15) is 0 Å². The highest BCUT2D eigenvalue weighted by Gasteiger charge is 2.15. The number of anilines is 2. The van der Waals surface area contributed by atoms with Gasteiger partial charge in [0.1, 0.15) is 5.82 Å². The van der Waals surface area contributed by atoms with Crippen molar-refractivity contribution in [2.75, 3.05) is 29.9 Å². The number of carbonyl (C=O) groups is 2. The lowest BCUT2D eigenvalue weighted by atomic mass is 9.87. The number of hydrogen-bond acceptors (Lipinski definition) is 4. The lowest BCUT2D eigenvalue weighted by Crippen LogP contribution is -2.27. The number of rotatable bonds is 6. The van der Waals surface area contributed by atoms with E-state index in [-0.39, 0.29) is 30.2 Å². The van der Waals surface area contributed by atoms with E-state index in [4.69, 9.17) is 0 Å². The Balaban J connectivity index is 1.43. The molecule has 6 heteroatoms. The molecule has 154 valence electrons. The minimum absolute atomic E-state index is 0.0502. The van der Waals surface area contributed by atoms with E-state index in [0.29, 0.717) is 11.3 Å². The van der Waals surface area contributed by atoms with Crippen LogP contribution in [0.3, 0.4) is 0 Å². The molecule has 1 aliphatic rings. The third kappa shape index (κ3) is 5.79. The van der Waals surface area contributed by atoms with E-state index in [1.54, 1.807) is 6.20 Å². The number of hydrogen-bond donors (Lipinski definition) is 2. The fraction of sp³-hybridized carbons (Fsp3) is 0.435. The van der Waals surface area contributed by atoms with Gasteiger partial charge in [-0.05, 0) is 48.1 Å². The lowest BCUT2D eigenvalue weighted by molar-refractivity contribution is -0.116. The average Bonchev–Trinajstić information content (AvgIpc) is 3.23. The molecule has 0 atom stereocenters. The smallest absolute Gasteiger partial charge is 0.251 e. The van der Waals surface area contributed by atoms with Gasteiger partial charge < -0.3 is 15.5 Å². The van der Waals surface area contributed by atoms with Gasteiger partial charge in [0.25, 0.3) is 5.91 Å². The largest absolute Gasteiger partial charge is 0.357 e. The Bertz CT molecular complexity index is 833. The molecular weight excluding hydrogens is 364 g/mol. The topological polar surface area (TPSA) is 74.3 Å². The summed E-state index contributed by atoms with van der Waals surface area (Å²) >= 11 is 0. The van der Waals surface area contributed by atoms with Crippen LogP contribution in [0.2, 0.25) is 0 Å². The van der Waals surface area contributed by atoms with Crippen molar-refractivity contribution in [3.05, 3.63) is 53.7 Å². The van der Waals surface area contributed by atoms with Gasteiger partial charge in [-0.3, -0.25) is 9.59 Å². The molecule has 0 radical (unpaired) electrons. The van der Waals surface area contributed by atoms with E-state index < -0.39 is 0 Å². The van der Waals surface area contributed by atoms with Gasteiger partial charge in [0.05, 0.1) is 11.9 Å². The summed E-state index contributed by atoms with van der Waals surface area (Å²) in [6.07, 6.45) is 4.29. The molecular formula is C23H30N4O2. The van der Waals surface area contributed by atoms with Crippen molar-refractivity contribution in [1.29, 1.82) is 0 Å². The molecule has 6 nitrogen and oxygen atoms in total. The maximum Gasteiger partial charge on any atom is 0.251 e. The second-order valence-corrected chi connectivity index (χ2v) is 8.48. The molecule has 0 aliphatic carbocycles. The molecule has 29 heavy (non-hydrogen) atoms. The quantitative estimate of drug-likeness (QED) is 0.783. The van der Waals surface area contributed by atoms with Gasteiger partial charge in [-0.15, -0.1) is 0 Å². The summed E-state index contributed by atoms with van der Waals surface area (Å²) in [6.45, 7) is 8.77. The highest BCUT2D eigenvalue weighted by Crippen LogP contribution is 2.22. The summed E-state index contributed by atoms with van der Waals surface area (Å²) in [7, 11) is 0. The number of benzene rings is 1. The van der Waals surface area contributed by atoms with E-state index >= 15 is 0 Å². The van der Waals surface area contributed by atoms with Crippen molar-refractivity contribution >= 4 is 23.3 Å². The first-order valence-electron chi connectivity index (χ1n) is 10.2. The molecule has 0 unspecified atom stereocenters. The van der Waals surface area contributed by atoms with E-state index in [0.717, 1.165) is 18.9 Å². The number of nitrogens with one attached hydrogen (secondary N) is 2. The molecule has 2 N–H and O–H groups in total. The van der Waals surface area contributed by atoms with Crippen molar-refractivity contribution in [3.8, 4) is 0 Å². The summed E-state index contributed by atoms with van der Waals surface area (Å²) in [4.78, 5) is 31.1. The molecule has 0 spiro atoms. The lowest BCUT2D eigenvalue weighted by Gasteiger charge is -2.19. The standard InChI is InChI=1S/C23H30N4O2/c1-23(2,3)18-8-6-17(7-9-18)22(29)24-13-12-21(28)26-19-10-11-20(25-16-19)27-14-4-5-15-27/h6-11,16H,4-5,12-15H2,1-3H3,(H,24,29)(H,26,28). The first-order chi connectivity index (χ1) is 13.8. The minimum Gasteiger partial charge on any atom is -0.357 e. The molecule has 2 amide bonds. The third-order valence-corrected chi connectivity index (χ3v) is 5.11. The van der Waals surface area contributed by atoms with Gasteiger partial charge in [0.15, 0.2) is 0 Å². The van der Waals surface area contributed by atoms with Crippen molar-refractivity contribution < 1.29 is 9.59 Å². The van der Waals surface area contributed by atoms with Gasteiger partial charge in [-0.25, -0.2) is 4.98 Å². The molecule has 1 aromatic heterocycles. The van der Waals surface area contributed by atoms with Crippen molar-refractivity contribution in [2.45, 2.75) is 45.4 Å². The zero-order chi connectivity index (χ0) is 20.9. The van der Waals surface area contributed by atoms with Gasteiger partial charge in [-0.1, -0.05) is 32.9 Å². The van der Waals surface area contributed by atoms with E-state index in [9.17, 15) is 9.59 Å². The Kier molecular flexibility index (Phi) is 6.52. The van der Waals surface area contributed by atoms with Crippen LogP contribution in [0.1, 0.15) is 56.0 Å². The summed E-state index contributed by atoms with van der Waals surface area (Å²) < 4.78 is 0. The van der Waals surface area contributed by atoms with Crippen LogP contribution in [0, 0.1) is 0 Å². The molecule has 1 fully saturated rings. The van der Waals surface area contributed by atoms with Crippen molar-refractivity contribution in [2.24, 2.45) is 0 Å². The SMILES string of the molecule is CC(C)(C)c1ccc(C(=O)NCCC(=O)Nc2ccc(N3CCCC3)nc2)cc1. The summed E-state index contributed by atoms with van der Waals surface area (Å²) in [5.41, 5.74) is 2.49. The second-order valence-electron chi connectivity index (χ2n) is 8.48. The van der Waals surface area contributed by atoms with E-state index in [1.807, 2.05) is 36.4 Å². The van der Waals surface area contributed by atoms with Crippen LogP contribution < -0.4 is 15.5 Å². The number of pyridine rings is 1. The van der Waals surface area contributed by atoms with Gasteiger partial charge >= 0.3 is 0 Å². The fourth-order valence-electron chi connectivity index (χ4n) is 3.33. The Hall–Kier alpha value is -2.89. The predicted molar refractivity (Wildman–Crippen MR) is 116 cm³/mol. The normalized spacial score (nSPS) is 14.0. The summed E-state index contributed by atoms with van der Waals surface area (Å²) in [6, 6.07) is 11.4. The van der Waals surface area contributed by atoms with Gasteiger partial charge in [0, 0.05) is 31.6 Å². The molecule has 0 bridgehead atoms. The maximum atomic E-state index is 12.3.